The molecule has 0 unspecified atom stereocenters. The number of aromatic amines is 1. The van der Waals surface area contributed by atoms with Crippen molar-refractivity contribution in [1.82, 2.24) is 15.2 Å². The number of aromatic nitrogens is 3. The van der Waals surface area contributed by atoms with Crippen molar-refractivity contribution < 1.29 is 0 Å². The van der Waals surface area contributed by atoms with E-state index in [-0.39, 0.29) is 0 Å². The average molecular weight is 188 g/mol. The van der Waals surface area contributed by atoms with Gasteiger partial charge in [0.1, 0.15) is 5.82 Å². The van der Waals surface area contributed by atoms with E-state index in [1.54, 1.807) is 12.4 Å². The van der Waals surface area contributed by atoms with Gasteiger partial charge >= 0.3 is 0 Å². The molecule has 0 spiro atoms. The zero-order chi connectivity index (χ0) is 9.80. The van der Waals surface area contributed by atoms with Crippen molar-refractivity contribution in [2.45, 2.75) is 6.92 Å². The van der Waals surface area contributed by atoms with Crippen LogP contribution >= 0.6 is 0 Å². The lowest BCUT2D eigenvalue weighted by atomic mass is 10.2. The predicted octanol–water partition coefficient (Wildman–Crippen LogP) is 1.90. The third-order valence-electron chi connectivity index (χ3n) is 1.93. The van der Waals surface area contributed by atoms with Crippen LogP contribution in [0.25, 0.3) is 11.3 Å². The third kappa shape index (κ3) is 1.74. The maximum absolute atomic E-state index is 4.13. The maximum atomic E-state index is 4.13. The van der Waals surface area contributed by atoms with E-state index in [9.17, 15) is 0 Å². The molecule has 0 aliphatic carbocycles. The van der Waals surface area contributed by atoms with Gasteiger partial charge in [-0.3, -0.25) is 10.1 Å². The number of nitrogens with zero attached hydrogens (tertiary/aromatic N) is 2. The van der Waals surface area contributed by atoms with Crippen LogP contribution in [0.5, 0.6) is 0 Å². The Kier molecular flexibility index (Phi) is 2.44. The summed E-state index contributed by atoms with van der Waals surface area (Å²) in [6.07, 6.45) is 3.53. The minimum atomic E-state index is 0.874. The van der Waals surface area contributed by atoms with Crippen LogP contribution in [0.3, 0.4) is 0 Å². The predicted molar refractivity (Wildman–Crippen MR) is 56.0 cm³/mol. The second-order valence-corrected chi connectivity index (χ2v) is 2.93. The number of anilines is 1. The molecule has 0 radical (unpaired) electrons. The normalized spacial score (nSPS) is 10.1. The second-order valence-electron chi connectivity index (χ2n) is 2.93. The van der Waals surface area contributed by atoms with Gasteiger partial charge in [0, 0.05) is 30.6 Å². The number of H-pyrrole nitrogens is 1. The number of pyridine rings is 1. The highest BCUT2D eigenvalue weighted by molar-refractivity contribution is 5.61. The van der Waals surface area contributed by atoms with Crippen LogP contribution in [0.15, 0.2) is 30.6 Å². The first-order chi connectivity index (χ1) is 6.90. The molecule has 0 atom stereocenters. The summed E-state index contributed by atoms with van der Waals surface area (Å²) in [7, 11) is 0. The molecule has 2 heterocycles. The van der Waals surface area contributed by atoms with E-state index in [2.05, 4.69) is 20.5 Å². The van der Waals surface area contributed by atoms with E-state index in [0.717, 1.165) is 23.6 Å². The number of rotatable bonds is 3. The Morgan fingerprint density at radius 3 is 2.86 bits per heavy atom. The molecule has 0 aliphatic rings. The second kappa shape index (κ2) is 3.91. The lowest BCUT2D eigenvalue weighted by Gasteiger charge is -1.94. The highest BCUT2D eigenvalue weighted by Crippen LogP contribution is 2.17. The van der Waals surface area contributed by atoms with Crippen LogP contribution in [0.1, 0.15) is 6.92 Å². The Morgan fingerprint density at radius 2 is 2.14 bits per heavy atom. The summed E-state index contributed by atoms with van der Waals surface area (Å²) in [6.45, 7) is 2.92. The zero-order valence-corrected chi connectivity index (χ0v) is 7.99. The van der Waals surface area contributed by atoms with Gasteiger partial charge in [-0.05, 0) is 19.1 Å². The fraction of sp³-hybridized carbons (Fsp3) is 0.200. The fourth-order valence-electron chi connectivity index (χ4n) is 1.27. The summed E-state index contributed by atoms with van der Waals surface area (Å²) in [5, 5.41) is 10.2. The first-order valence-electron chi connectivity index (χ1n) is 4.60. The van der Waals surface area contributed by atoms with Crippen LogP contribution in [0, 0.1) is 0 Å². The van der Waals surface area contributed by atoms with Crippen LogP contribution in [-0.4, -0.2) is 21.7 Å². The van der Waals surface area contributed by atoms with Gasteiger partial charge in [-0.1, -0.05) is 0 Å². The molecule has 4 nitrogen and oxygen atoms in total. The molecule has 14 heavy (non-hydrogen) atoms. The molecular weight excluding hydrogens is 176 g/mol. The topological polar surface area (TPSA) is 53.6 Å². The van der Waals surface area contributed by atoms with Gasteiger partial charge in [0.2, 0.25) is 0 Å². The molecule has 0 aliphatic heterocycles. The Balaban J connectivity index is 2.25. The molecule has 0 aromatic carbocycles. The van der Waals surface area contributed by atoms with Crippen molar-refractivity contribution in [1.29, 1.82) is 0 Å². The summed E-state index contributed by atoms with van der Waals surface area (Å²) in [5.41, 5.74) is 2.10. The van der Waals surface area contributed by atoms with E-state index in [0.29, 0.717) is 0 Å². The van der Waals surface area contributed by atoms with Crippen molar-refractivity contribution in [3.63, 3.8) is 0 Å². The van der Waals surface area contributed by atoms with Crippen molar-refractivity contribution in [3.8, 4) is 11.3 Å². The highest BCUT2D eigenvalue weighted by atomic mass is 15.2. The summed E-state index contributed by atoms with van der Waals surface area (Å²) in [6, 6.07) is 5.88. The average Bonchev–Trinajstić information content (AvgIpc) is 2.68. The quantitative estimate of drug-likeness (QED) is 0.773. The van der Waals surface area contributed by atoms with Crippen molar-refractivity contribution >= 4 is 5.82 Å². The van der Waals surface area contributed by atoms with Crippen LogP contribution in [0.4, 0.5) is 5.82 Å². The van der Waals surface area contributed by atoms with Gasteiger partial charge in [-0.15, -0.1) is 0 Å². The fourth-order valence-corrected chi connectivity index (χ4v) is 1.27. The minimum absolute atomic E-state index is 0.874. The largest absolute Gasteiger partial charge is 0.369 e. The number of nitrogens with one attached hydrogen (secondary N) is 2. The van der Waals surface area contributed by atoms with E-state index in [1.165, 1.54) is 0 Å². The van der Waals surface area contributed by atoms with E-state index in [4.69, 9.17) is 0 Å². The monoisotopic (exact) mass is 188 g/mol. The third-order valence-corrected chi connectivity index (χ3v) is 1.93. The molecule has 72 valence electrons. The van der Waals surface area contributed by atoms with Gasteiger partial charge in [0.25, 0.3) is 0 Å². The first kappa shape index (κ1) is 8.74. The van der Waals surface area contributed by atoms with Crippen molar-refractivity contribution in [3.05, 3.63) is 30.6 Å². The summed E-state index contributed by atoms with van der Waals surface area (Å²) < 4.78 is 0. The SMILES string of the molecule is CCNc1cc(-c2ccncc2)[nH]n1. The van der Waals surface area contributed by atoms with Gasteiger partial charge in [0.15, 0.2) is 0 Å². The molecule has 0 amide bonds. The minimum Gasteiger partial charge on any atom is -0.369 e. The first-order valence-corrected chi connectivity index (χ1v) is 4.60. The Hall–Kier alpha value is -1.84. The summed E-state index contributed by atoms with van der Waals surface area (Å²) in [4.78, 5) is 3.96. The zero-order valence-electron chi connectivity index (χ0n) is 7.99. The van der Waals surface area contributed by atoms with Gasteiger partial charge < -0.3 is 5.32 Å². The lowest BCUT2D eigenvalue weighted by Crippen LogP contribution is -1.95. The standard InChI is InChI=1S/C10H12N4/c1-2-12-10-7-9(13-14-10)8-3-5-11-6-4-8/h3-7H,2H2,1H3,(H2,12,13,14). The molecule has 0 fully saturated rings. The maximum Gasteiger partial charge on any atom is 0.148 e. The van der Waals surface area contributed by atoms with Gasteiger partial charge in [-0.2, -0.15) is 5.10 Å². The Bertz CT molecular complexity index is 394. The molecule has 2 N–H and O–H groups in total. The van der Waals surface area contributed by atoms with Crippen LogP contribution in [0.2, 0.25) is 0 Å². The summed E-state index contributed by atoms with van der Waals surface area (Å²) >= 11 is 0. The molecule has 0 saturated heterocycles. The van der Waals surface area contributed by atoms with Crippen molar-refractivity contribution in [2.24, 2.45) is 0 Å². The molecule has 2 aromatic rings. The Morgan fingerprint density at radius 1 is 1.36 bits per heavy atom. The molecule has 2 aromatic heterocycles. The molecule has 2 rings (SSSR count). The number of hydrogen-bond acceptors (Lipinski definition) is 3. The number of hydrogen-bond donors (Lipinski definition) is 2. The molecule has 4 heteroatoms. The molecule has 0 bridgehead atoms. The van der Waals surface area contributed by atoms with Gasteiger partial charge in [-0.25, -0.2) is 0 Å². The van der Waals surface area contributed by atoms with E-state index >= 15 is 0 Å². The van der Waals surface area contributed by atoms with E-state index < -0.39 is 0 Å². The smallest absolute Gasteiger partial charge is 0.148 e. The summed E-state index contributed by atoms with van der Waals surface area (Å²) in [5.74, 6) is 0.874. The highest BCUT2D eigenvalue weighted by Gasteiger charge is 2.01. The van der Waals surface area contributed by atoms with Crippen molar-refractivity contribution in [2.75, 3.05) is 11.9 Å². The van der Waals surface area contributed by atoms with Crippen LogP contribution < -0.4 is 5.32 Å². The van der Waals surface area contributed by atoms with E-state index in [1.807, 2.05) is 25.1 Å². The van der Waals surface area contributed by atoms with Crippen LogP contribution in [-0.2, 0) is 0 Å². The molecular formula is C10H12N4. The van der Waals surface area contributed by atoms with Gasteiger partial charge in [0.05, 0.1) is 5.69 Å². The Labute approximate surface area is 82.4 Å². The lowest BCUT2D eigenvalue weighted by molar-refractivity contribution is 1.07. The molecule has 0 saturated carbocycles.